The molecule has 0 bridgehead atoms. The summed E-state index contributed by atoms with van der Waals surface area (Å²) in [5.41, 5.74) is 0. The van der Waals surface area contributed by atoms with Crippen molar-refractivity contribution in [3.8, 4) is 0 Å². The van der Waals surface area contributed by atoms with Gasteiger partial charge in [-0.15, -0.1) is 0 Å². The van der Waals surface area contributed by atoms with Crippen LogP contribution in [0.1, 0.15) is 48.0 Å². The van der Waals surface area contributed by atoms with Gasteiger partial charge in [0.2, 0.25) is 17.7 Å². The molecule has 0 aromatic rings. The number of hydrogen-bond donors (Lipinski definition) is 2. The van der Waals surface area contributed by atoms with Crippen LogP contribution in [0.4, 0.5) is 0 Å². The Labute approximate surface area is 134 Å². The molecule has 128 valence electrons. The molecule has 0 aromatic heterocycles. The molecule has 0 unspecified atom stereocenters. The van der Waals surface area contributed by atoms with E-state index >= 15 is 0 Å². The number of carbonyl (C=O) groups is 3. The lowest BCUT2D eigenvalue weighted by molar-refractivity contribution is -0.140. The van der Waals surface area contributed by atoms with Gasteiger partial charge in [-0.05, 0) is 25.7 Å². The van der Waals surface area contributed by atoms with Crippen molar-refractivity contribution in [1.82, 2.24) is 15.5 Å². The minimum absolute atomic E-state index is 0.00400. The number of nitrogens with one attached hydrogen (secondary N) is 2. The molecule has 0 aliphatic rings. The Kier molecular flexibility index (Phi) is 9.45. The average molecular weight is 313 g/mol. The molecule has 22 heavy (non-hydrogen) atoms. The quantitative estimate of drug-likeness (QED) is 0.670. The Bertz CT molecular complexity index is 379. The summed E-state index contributed by atoms with van der Waals surface area (Å²) in [6.45, 7) is 12.0. The molecule has 0 spiro atoms. The number of amides is 3. The van der Waals surface area contributed by atoms with Crippen molar-refractivity contribution in [3.63, 3.8) is 0 Å². The SMILES string of the molecule is CC(C)CNC(=O)CN(CC(=O)NC(C)C)C(=O)CC(C)C. The Morgan fingerprint density at radius 1 is 0.864 bits per heavy atom. The van der Waals surface area contributed by atoms with Crippen LogP contribution >= 0.6 is 0 Å². The van der Waals surface area contributed by atoms with Gasteiger partial charge in [-0.3, -0.25) is 14.4 Å². The van der Waals surface area contributed by atoms with E-state index in [2.05, 4.69) is 10.6 Å². The minimum Gasteiger partial charge on any atom is -0.354 e. The third kappa shape index (κ3) is 10.2. The molecule has 0 heterocycles. The van der Waals surface area contributed by atoms with Gasteiger partial charge in [0.25, 0.3) is 0 Å². The fraction of sp³-hybridized carbons (Fsp3) is 0.812. The highest BCUT2D eigenvalue weighted by Gasteiger charge is 2.21. The van der Waals surface area contributed by atoms with Crippen molar-refractivity contribution in [2.75, 3.05) is 19.6 Å². The normalized spacial score (nSPS) is 11.0. The van der Waals surface area contributed by atoms with Crippen molar-refractivity contribution < 1.29 is 14.4 Å². The molecule has 0 saturated heterocycles. The van der Waals surface area contributed by atoms with Crippen LogP contribution in [0.5, 0.6) is 0 Å². The largest absolute Gasteiger partial charge is 0.354 e. The highest BCUT2D eigenvalue weighted by atomic mass is 16.2. The fourth-order valence-electron chi connectivity index (χ4n) is 1.80. The van der Waals surface area contributed by atoms with Crippen LogP contribution in [0.25, 0.3) is 0 Å². The number of nitrogens with zero attached hydrogens (tertiary/aromatic N) is 1. The van der Waals surface area contributed by atoms with Crippen LogP contribution in [0.2, 0.25) is 0 Å². The van der Waals surface area contributed by atoms with E-state index in [4.69, 9.17) is 0 Å². The van der Waals surface area contributed by atoms with E-state index in [-0.39, 0.29) is 42.8 Å². The van der Waals surface area contributed by atoms with Crippen molar-refractivity contribution in [3.05, 3.63) is 0 Å². The van der Waals surface area contributed by atoms with Crippen LogP contribution in [0.3, 0.4) is 0 Å². The molecule has 0 radical (unpaired) electrons. The molecule has 0 fully saturated rings. The average Bonchev–Trinajstić information content (AvgIpc) is 2.33. The van der Waals surface area contributed by atoms with Gasteiger partial charge >= 0.3 is 0 Å². The van der Waals surface area contributed by atoms with E-state index in [0.717, 1.165) is 0 Å². The predicted octanol–water partition coefficient (Wildman–Crippen LogP) is 1.16. The maximum atomic E-state index is 12.2. The zero-order valence-corrected chi connectivity index (χ0v) is 14.7. The number of rotatable bonds is 9. The van der Waals surface area contributed by atoms with Gasteiger partial charge in [-0.1, -0.05) is 27.7 Å². The Hall–Kier alpha value is -1.59. The molecule has 3 amide bonds. The lowest BCUT2D eigenvalue weighted by Crippen LogP contribution is -2.47. The molecular formula is C16H31N3O3. The summed E-state index contributed by atoms with van der Waals surface area (Å²) in [7, 11) is 0. The van der Waals surface area contributed by atoms with Gasteiger partial charge in [0.05, 0.1) is 0 Å². The zero-order chi connectivity index (χ0) is 17.3. The standard InChI is InChI=1S/C16H31N3O3/c1-11(2)7-16(22)19(10-15(21)18-13(5)6)9-14(20)17-8-12(3)4/h11-13H,7-10H2,1-6H3,(H,17,20)(H,18,21). The first-order chi connectivity index (χ1) is 10.1. The van der Waals surface area contributed by atoms with Gasteiger partial charge < -0.3 is 15.5 Å². The van der Waals surface area contributed by atoms with Crippen LogP contribution in [-0.4, -0.2) is 48.3 Å². The second-order valence-electron chi connectivity index (χ2n) is 6.77. The Morgan fingerprint density at radius 3 is 1.86 bits per heavy atom. The molecule has 2 N–H and O–H groups in total. The summed E-state index contributed by atoms with van der Waals surface area (Å²) in [6, 6.07) is 0.00400. The zero-order valence-electron chi connectivity index (χ0n) is 14.7. The van der Waals surface area contributed by atoms with Crippen LogP contribution in [0.15, 0.2) is 0 Å². The Morgan fingerprint density at radius 2 is 1.41 bits per heavy atom. The van der Waals surface area contributed by atoms with Crippen LogP contribution in [0, 0.1) is 11.8 Å². The summed E-state index contributed by atoms with van der Waals surface area (Å²) >= 11 is 0. The van der Waals surface area contributed by atoms with Gasteiger partial charge in [0.15, 0.2) is 0 Å². The highest BCUT2D eigenvalue weighted by Crippen LogP contribution is 2.04. The monoisotopic (exact) mass is 313 g/mol. The van der Waals surface area contributed by atoms with Gasteiger partial charge in [0, 0.05) is 19.0 Å². The highest BCUT2D eigenvalue weighted by molar-refractivity contribution is 5.89. The first-order valence-corrected chi connectivity index (χ1v) is 7.95. The number of hydrogen-bond acceptors (Lipinski definition) is 3. The summed E-state index contributed by atoms with van der Waals surface area (Å²) < 4.78 is 0. The Balaban J connectivity index is 4.67. The summed E-state index contributed by atoms with van der Waals surface area (Å²) in [5, 5.41) is 5.51. The second-order valence-corrected chi connectivity index (χ2v) is 6.77. The van der Waals surface area contributed by atoms with Crippen molar-refractivity contribution in [2.45, 2.75) is 54.0 Å². The van der Waals surface area contributed by atoms with Crippen molar-refractivity contribution in [2.24, 2.45) is 11.8 Å². The molecule has 0 saturated carbocycles. The maximum absolute atomic E-state index is 12.2. The number of carbonyl (C=O) groups excluding carboxylic acids is 3. The molecule has 0 aliphatic heterocycles. The smallest absolute Gasteiger partial charge is 0.239 e. The fourth-order valence-corrected chi connectivity index (χ4v) is 1.80. The summed E-state index contributed by atoms with van der Waals surface area (Å²) in [4.78, 5) is 37.3. The van der Waals surface area contributed by atoms with Gasteiger partial charge in [0.1, 0.15) is 13.1 Å². The lowest BCUT2D eigenvalue weighted by atomic mass is 10.1. The third-order valence-electron chi connectivity index (χ3n) is 2.76. The minimum atomic E-state index is -0.247. The molecule has 0 aliphatic carbocycles. The predicted molar refractivity (Wildman–Crippen MR) is 87.2 cm³/mol. The van der Waals surface area contributed by atoms with Crippen molar-refractivity contribution in [1.29, 1.82) is 0 Å². The summed E-state index contributed by atoms with van der Waals surface area (Å²) in [6.07, 6.45) is 0.326. The molecule has 0 atom stereocenters. The van der Waals surface area contributed by atoms with E-state index < -0.39 is 0 Å². The van der Waals surface area contributed by atoms with Crippen LogP contribution in [-0.2, 0) is 14.4 Å². The molecule has 0 rings (SSSR count). The molecular weight excluding hydrogens is 282 g/mol. The maximum Gasteiger partial charge on any atom is 0.239 e. The molecule has 0 aromatic carbocycles. The first-order valence-electron chi connectivity index (χ1n) is 7.95. The third-order valence-corrected chi connectivity index (χ3v) is 2.76. The van der Waals surface area contributed by atoms with E-state index in [1.165, 1.54) is 4.90 Å². The van der Waals surface area contributed by atoms with E-state index in [1.807, 2.05) is 41.5 Å². The van der Waals surface area contributed by atoms with E-state index in [1.54, 1.807) is 0 Å². The molecule has 6 nitrogen and oxygen atoms in total. The van der Waals surface area contributed by atoms with Crippen LogP contribution < -0.4 is 10.6 Å². The first kappa shape index (κ1) is 20.4. The van der Waals surface area contributed by atoms with E-state index in [9.17, 15) is 14.4 Å². The lowest BCUT2D eigenvalue weighted by Gasteiger charge is -2.23. The van der Waals surface area contributed by atoms with Gasteiger partial charge in [-0.2, -0.15) is 0 Å². The molecule has 6 heteroatoms. The van der Waals surface area contributed by atoms with Crippen molar-refractivity contribution >= 4 is 17.7 Å². The van der Waals surface area contributed by atoms with Gasteiger partial charge in [-0.25, -0.2) is 0 Å². The topological polar surface area (TPSA) is 78.5 Å². The van der Waals surface area contributed by atoms with E-state index in [0.29, 0.717) is 18.9 Å². The summed E-state index contributed by atoms with van der Waals surface area (Å²) in [5.74, 6) is -0.129. The second kappa shape index (κ2) is 10.2.